The highest BCUT2D eigenvalue weighted by Crippen LogP contribution is 2.27. The Morgan fingerprint density at radius 2 is 2.00 bits per heavy atom. The Hall–Kier alpha value is -1.70. The van der Waals surface area contributed by atoms with Crippen molar-refractivity contribution < 1.29 is 13.5 Å². The molecule has 0 saturated heterocycles. The summed E-state index contributed by atoms with van der Waals surface area (Å²) in [6.07, 6.45) is 0. The standard InChI is InChI=1S/C7H5F2N2O/c8-7(9)12-6-4-2-1-3-5(6)11-10/h1-4,7H/q+1. The average molecular weight is 171 g/mol. The molecule has 0 atom stereocenters. The van der Waals surface area contributed by atoms with E-state index in [-0.39, 0.29) is 11.4 Å². The van der Waals surface area contributed by atoms with Gasteiger partial charge in [0.2, 0.25) is 11.1 Å². The molecule has 0 aromatic heterocycles. The number of alkyl halides is 2. The number of rotatable bonds is 2. The monoisotopic (exact) mass is 171 g/mol. The van der Waals surface area contributed by atoms with E-state index in [1.165, 1.54) is 18.2 Å². The van der Waals surface area contributed by atoms with Crippen LogP contribution >= 0.6 is 0 Å². The van der Waals surface area contributed by atoms with E-state index in [2.05, 4.69) is 9.71 Å². The van der Waals surface area contributed by atoms with Crippen molar-refractivity contribution in [2.24, 2.45) is 0 Å². The number of benzene rings is 1. The fraction of sp³-hybridized carbons (Fsp3) is 0.143. The molecule has 0 saturated carbocycles. The van der Waals surface area contributed by atoms with Crippen LogP contribution in [0, 0.1) is 5.39 Å². The lowest BCUT2D eigenvalue weighted by atomic mass is 10.3. The molecule has 0 aliphatic carbocycles. The lowest BCUT2D eigenvalue weighted by Crippen LogP contribution is -2.01. The molecule has 0 amide bonds. The smallest absolute Gasteiger partial charge is 0.426 e. The fourth-order valence-electron chi connectivity index (χ4n) is 0.735. The first kappa shape index (κ1) is 8.40. The number of diazo groups is 1. The molecule has 0 aliphatic rings. The summed E-state index contributed by atoms with van der Waals surface area (Å²) < 4.78 is 27.4. The summed E-state index contributed by atoms with van der Waals surface area (Å²) in [7, 11) is 0. The second kappa shape index (κ2) is 3.62. The molecule has 3 nitrogen and oxygen atoms in total. The van der Waals surface area contributed by atoms with Gasteiger partial charge in [-0.2, -0.15) is 8.78 Å². The van der Waals surface area contributed by atoms with Crippen LogP contribution < -0.4 is 4.74 Å². The van der Waals surface area contributed by atoms with Gasteiger partial charge in [0.15, 0.2) is 4.98 Å². The maximum Gasteiger partial charge on any atom is 0.426 e. The highest BCUT2D eigenvalue weighted by molar-refractivity contribution is 5.56. The predicted octanol–water partition coefficient (Wildman–Crippen LogP) is 2.77. The van der Waals surface area contributed by atoms with Gasteiger partial charge in [-0.1, -0.05) is 12.1 Å². The van der Waals surface area contributed by atoms with Crippen LogP contribution in [-0.4, -0.2) is 6.61 Å². The van der Waals surface area contributed by atoms with Crippen LogP contribution in [0.4, 0.5) is 14.5 Å². The van der Waals surface area contributed by atoms with E-state index in [9.17, 15) is 8.78 Å². The quantitative estimate of drug-likeness (QED) is 0.641. The van der Waals surface area contributed by atoms with Crippen molar-refractivity contribution in [1.82, 2.24) is 0 Å². The van der Waals surface area contributed by atoms with Gasteiger partial charge in [0.1, 0.15) is 0 Å². The maximum absolute atomic E-state index is 11.7. The lowest BCUT2D eigenvalue weighted by molar-refractivity contribution is -0.0492. The van der Waals surface area contributed by atoms with Crippen LogP contribution in [0.2, 0.25) is 0 Å². The fourth-order valence-corrected chi connectivity index (χ4v) is 0.735. The molecular weight excluding hydrogens is 166 g/mol. The van der Waals surface area contributed by atoms with Crippen LogP contribution in [0.25, 0.3) is 4.98 Å². The number of hydrogen-bond donors (Lipinski definition) is 0. The topological polar surface area (TPSA) is 37.4 Å². The van der Waals surface area contributed by atoms with Crippen LogP contribution in [0.15, 0.2) is 24.3 Å². The molecule has 0 heterocycles. The van der Waals surface area contributed by atoms with Gasteiger partial charge in [-0.25, -0.2) is 0 Å². The number of nitrogens with zero attached hydrogens (tertiary/aromatic N) is 2. The Kier molecular flexibility index (Phi) is 2.53. The predicted molar refractivity (Wildman–Crippen MR) is 37.8 cm³/mol. The Morgan fingerprint density at radius 3 is 2.58 bits per heavy atom. The van der Waals surface area contributed by atoms with Crippen LogP contribution in [0.1, 0.15) is 0 Å². The van der Waals surface area contributed by atoms with Gasteiger partial charge >= 0.3 is 12.3 Å². The molecule has 12 heavy (non-hydrogen) atoms. The van der Waals surface area contributed by atoms with Gasteiger partial charge in [0.25, 0.3) is 0 Å². The van der Waals surface area contributed by atoms with Crippen molar-refractivity contribution in [3.05, 3.63) is 29.2 Å². The summed E-state index contributed by atoms with van der Waals surface area (Å²) in [6, 6.07) is 5.71. The normalized spacial score (nSPS) is 9.50. The zero-order valence-electron chi connectivity index (χ0n) is 5.95. The van der Waals surface area contributed by atoms with E-state index in [1.54, 1.807) is 6.07 Å². The first-order valence-electron chi connectivity index (χ1n) is 3.13. The van der Waals surface area contributed by atoms with Gasteiger partial charge in [-0.05, 0) is 6.07 Å². The van der Waals surface area contributed by atoms with Crippen molar-refractivity contribution in [2.75, 3.05) is 0 Å². The van der Waals surface area contributed by atoms with E-state index in [0.29, 0.717) is 0 Å². The second-order valence-corrected chi connectivity index (χ2v) is 1.95. The first-order chi connectivity index (χ1) is 5.74. The highest BCUT2D eigenvalue weighted by atomic mass is 19.3. The highest BCUT2D eigenvalue weighted by Gasteiger charge is 2.16. The number of halogens is 2. The molecule has 5 heteroatoms. The van der Waals surface area contributed by atoms with Crippen LogP contribution in [0.3, 0.4) is 0 Å². The summed E-state index contributed by atoms with van der Waals surface area (Å²) in [5, 5.41) is 8.33. The Bertz CT molecular complexity index is 309. The third-order valence-corrected chi connectivity index (χ3v) is 1.19. The van der Waals surface area contributed by atoms with Gasteiger partial charge in [-0.15, -0.1) is 0 Å². The number of ether oxygens (including phenoxy) is 1. The third kappa shape index (κ3) is 1.89. The minimum Gasteiger partial charge on any atom is -0.426 e. The van der Waals surface area contributed by atoms with E-state index in [1.807, 2.05) is 0 Å². The molecule has 0 fully saturated rings. The van der Waals surface area contributed by atoms with Crippen LogP contribution in [0.5, 0.6) is 5.75 Å². The third-order valence-electron chi connectivity index (χ3n) is 1.19. The van der Waals surface area contributed by atoms with Gasteiger partial charge in [0, 0.05) is 6.07 Å². The number of para-hydroxylation sites is 1. The Morgan fingerprint density at radius 1 is 1.33 bits per heavy atom. The zero-order valence-corrected chi connectivity index (χ0v) is 5.95. The molecule has 0 bridgehead atoms. The SMILES string of the molecule is N#[N+]c1ccccc1OC(F)F. The average Bonchev–Trinajstić information content (AvgIpc) is 2.04. The summed E-state index contributed by atoms with van der Waals surface area (Å²) in [5.41, 5.74) is -0.0159. The summed E-state index contributed by atoms with van der Waals surface area (Å²) >= 11 is 0. The van der Waals surface area contributed by atoms with Crippen molar-refractivity contribution in [1.29, 1.82) is 5.39 Å². The molecule has 0 N–H and O–H groups in total. The summed E-state index contributed by atoms with van der Waals surface area (Å²) in [4.78, 5) is 2.77. The van der Waals surface area contributed by atoms with Crippen molar-refractivity contribution in [2.45, 2.75) is 6.61 Å². The molecular formula is C7H5F2N2O+. The van der Waals surface area contributed by atoms with Gasteiger partial charge in [0.05, 0.1) is 0 Å². The van der Waals surface area contributed by atoms with E-state index < -0.39 is 6.61 Å². The largest absolute Gasteiger partial charge is 0.426 e. The minimum absolute atomic E-state index is 0.0159. The summed E-state index contributed by atoms with van der Waals surface area (Å²) in [6.45, 7) is -2.91. The molecule has 62 valence electrons. The minimum atomic E-state index is -2.91. The molecule has 1 rings (SSSR count). The van der Waals surface area contributed by atoms with E-state index in [4.69, 9.17) is 5.39 Å². The van der Waals surface area contributed by atoms with E-state index in [0.717, 1.165) is 0 Å². The summed E-state index contributed by atoms with van der Waals surface area (Å²) in [5.74, 6) is -0.144. The van der Waals surface area contributed by atoms with Crippen molar-refractivity contribution in [3.63, 3.8) is 0 Å². The Labute approximate surface area is 67.2 Å². The second-order valence-electron chi connectivity index (χ2n) is 1.95. The molecule has 1 aromatic carbocycles. The molecule has 1 aromatic rings. The van der Waals surface area contributed by atoms with Crippen LogP contribution in [-0.2, 0) is 0 Å². The molecule has 0 unspecified atom stereocenters. The Balaban J connectivity index is 2.91. The van der Waals surface area contributed by atoms with Gasteiger partial charge < -0.3 is 4.74 Å². The van der Waals surface area contributed by atoms with E-state index >= 15 is 0 Å². The van der Waals surface area contributed by atoms with Gasteiger partial charge in [-0.3, -0.25) is 0 Å². The number of hydrogen-bond acceptors (Lipinski definition) is 2. The lowest BCUT2D eigenvalue weighted by Gasteiger charge is -1.99. The molecule has 0 spiro atoms. The van der Waals surface area contributed by atoms with Crippen molar-refractivity contribution >= 4 is 5.69 Å². The molecule has 0 aliphatic heterocycles. The zero-order chi connectivity index (χ0) is 8.97. The first-order valence-corrected chi connectivity index (χ1v) is 3.13. The van der Waals surface area contributed by atoms with Crippen molar-refractivity contribution in [3.8, 4) is 5.75 Å². The molecule has 0 radical (unpaired) electrons. The maximum atomic E-state index is 11.7.